The lowest BCUT2D eigenvalue weighted by molar-refractivity contribution is 0.0506. The van der Waals surface area contributed by atoms with Gasteiger partial charge in [-0.25, -0.2) is 9.97 Å². The van der Waals surface area contributed by atoms with Gasteiger partial charge in [0.05, 0.1) is 12.0 Å². The molecule has 4 heterocycles. The Balaban J connectivity index is 1.32. The Morgan fingerprint density at radius 2 is 1.89 bits per heavy atom. The molecule has 4 aromatic rings. The molecule has 3 aromatic heterocycles. The highest BCUT2D eigenvalue weighted by Gasteiger charge is 2.26. The van der Waals surface area contributed by atoms with Gasteiger partial charge in [-0.05, 0) is 30.2 Å². The molecule has 1 aliphatic heterocycles. The largest absolute Gasteiger partial charge is 0.461 e. The number of hydrogen-bond donors (Lipinski definition) is 2. The molecule has 1 saturated heterocycles. The fraction of sp³-hybridized carbons (Fsp3) is 0.346. The SMILES string of the molecule is CCc1cc2c(N3CCN(C(=O)c4cccc(-c5cncnc5)c4)CC3)nc(OC[C@H](O)CO)nc2s1. The third-order valence-corrected chi connectivity index (χ3v) is 7.41. The number of thiophene rings is 1. The first-order valence-corrected chi connectivity index (χ1v) is 13.0. The molecular weight excluding hydrogens is 492 g/mol. The van der Waals surface area contributed by atoms with Gasteiger partial charge in [0, 0.05) is 54.6 Å². The molecular formula is C26H28N6O4S. The molecule has 1 aromatic carbocycles. The van der Waals surface area contributed by atoms with Crippen LogP contribution >= 0.6 is 11.3 Å². The predicted octanol–water partition coefficient (Wildman–Crippen LogP) is 2.41. The Kier molecular flexibility index (Phi) is 7.54. The number of benzene rings is 1. The van der Waals surface area contributed by atoms with Gasteiger partial charge in [0.25, 0.3) is 5.91 Å². The molecule has 10 nitrogen and oxygen atoms in total. The molecule has 0 bridgehead atoms. The van der Waals surface area contributed by atoms with Crippen molar-refractivity contribution in [2.24, 2.45) is 0 Å². The summed E-state index contributed by atoms with van der Waals surface area (Å²) in [5.41, 5.74) is 2.39. The Hall–Kier alpha value is -3.67. The summed E-state index contributed by atoms with van der Waals surface area (Å²) in [5.74, 6) is 0.740. The van der Waals surface area contributed by atoms with E-state index in [1.165, 1.54) is 11.2 Å². The van der Waals surface area contributed by atoms with Gasteiger partial charge in [0.2, 0.25) is 0 Å². The summed E-state index contributed by atoms with van der Waals surface area (Å²) in [6.07, 6.45) is 4.83. The van der Waals surface area contributed by atoms with E-state index in [2.05, 4.69) is 37.8 Å². The van der Waals surface area contributed by atoms with Crippen LogP contribution < -0.4 is 9.64 Å². The van der Waals surface area contributed by atoms with Gasteiger partial charge >= 0.3 is 6.01 Å². The fourth-order valence-corrected chi connectivity index (χ4v) is 5.18. The van der Waals surface area contributed by atoms with E-state index >= 15 is 0 Å². The second-order valence-electron chi connectivity index (χ2n) is 8.75. The number of aliphatic hydroxyl groups excluding tert-OH is 2. The van der Waals surface area contributed by atoms with Crippen LogP contribution in [-0.2, 0) is 6.42 Å². The molecule has 11 heteroatoms. The van der Waals surface area contributed by atoms with Crippen LogP contribution in [0.25, 0.3) is 21.3 Å². The van der Waals surface area contributed by atoms with Crippen molar-refractivity contribution < 1.29 is 19.7 Å². The number of amides is 1. The number of nitrogens with zero attached hydrogens (tertiary/aromatic N) is 6. The molecule has 2 N–H and O–H groups in total. The number of rotatable bonds is 8. The maximum atomic E-state index is 13.3. The van der Waals surface area contributed by atoms with E-state index in [0.29, 0.717) is 31.7 Å². The number of aliphatic hydroxyl groups is 2. The minimum atomic E-state index is -1.00. The Morgan fingerprint density at radius 3 is 2.62 bits per heavy atom. The van der Waals surface area contributed by atoms with Gasteiger partial charge in [0.1, 0.15) is 29.7 Å². The minimum absolute atomic E-state index is 0.0167. The second kappa shape index (κ2) is 11.2. The fourth-order valence-electron chi connectivity index (χ4n) is 4.22. The Labute approximate surface area is 218 Å². The smallest absolute Gasteiger partial charge is 0.319 e. The molecule has 0 spiro atoms. The van der Waals surface area contributed by atoms with E-state index in [-0.39, 0.29) is 18.5 Å². The van der Waals surface area contributed by atoms with Gasteiger partial charge in [-0.1, -0.05) is 19.1 Å². The molecule has 0 unspecified atom stereocenters. The molecule has 0 radical (unpaired) electrons. The highest BCUT2D eigenvalue weighted by molar-refractivity contribution is 7.18. The average Bonchev–Trinajstić information content (AvgIpc) is 3.39. The molecule has 192 valence electrons. The van der Waals surface area contributed by atoms with Gasteiger partial charge in [0.15, 0.2) is 0 Å². The number of carbonyl (C=O) groups is 1. The van der Waals surface area contributed by atoms with E-state index in [4.69, 9.17) is 9.84 Å². The summed E-state index contributed by atoms with van der Waals surface area (Å²) in [6.45, 7) is 3.92. The Morgan fingerprint density at radius 1 is 1.11 bits per heavy atom. The van der Waals surface area contributed by atoms with Crippen LogP contribution in [0.1, 0.15) is 22.2 Å². The van der Waals surface area contributed by atoms with Crippen molar-refractivity contribution in [3.8, 4) is 17.1 Å². The van der Waals surface area contributed by atoms with Crippen LogP contribution in [0.2, 0.25) is 0 Å². The summed E-state index contributed by atoms with van der Waals surface area (Å²) in [5, 5.41) is 19.7. The highest BCUT2D eigenvalue weighted by atomic mass is 32.1. The Bertz CT molecular complexity index is 1370. The quantitative estimate of drug-likeness (QED) is 0.360. The summed E-state index contributed by atoms with van der Waals surface area (Å²) in [7, 11) is 0. The van der Waals surface area contributed by atoms with Crippen LogP contribution in [0.15, 0.2) is 49.1 Å². The third-order valence-electron chi connectivity index (χ3n) is 6.24. The number of piperazine rings is 1. The van der Waals surface area contributed by atoms with Crippen molar-refractivity contribution in [1.29, 1.82) is 0 Å². The molecule has 0 aliphatic carbocycles. The van der Waals surface area contributed by atoms with Crippen molar-refractivity contribution in [3.63, 3.8) is 0 Å². The van der Waals surface area contributed by atoms with E-state index in [0.717, 1.165) is 33.6 Å². The maximum absolute atomic E-state index is 13.3. The average molecular weight is 521 g/mol. The summed E-state index contributed by atoms with van der Waals surface area (Å²) < 4.78 is 5.58. The lowest BCUT2D eigenvalue weighted by atomic mass is 10.0. The van der Waals surface area contributed by atoms with E-state index in [1.54, 1.807) is 23.7 Å². The van der Waals surface area contributed by atoms with Crippen molar-refractivity contribution in [1.82, 2.24) is 24.8 Å². The first kappa shape index (κ1) is 25.0. The van der Waals surface area contributed by atoms with Gasteiger partial charge in [-0.15, -0.1) is 11.3 Å². The summed E-state index contributed by atoms with van der Waals surface area (Å²) in [6, 6.07) is 9.80. The van der Waals surface area contributed by atoms with Crippen molar-refractivity contribution in [2.75, 3.05) is 44.3 Å². The number of aryl methyl sites for hydroxylation is 1. The molecule has 0 saturated carbocycles. The van der Waals surface area contributed by atoms with E-state index < -0.39 is 12.7 Å². The van der Waals surface area contributed by atoms with Crippen molar-refractivity contribution in [3.05, 3.63) is 59.5 Å². The highest BCUT2D eigenvalue weighted by Crippen LogP contribution is 2.33. The topological polar surface area (TPSA) is 125 Å². The molecule has 37 heavy (non-hydrogen) atoms. The van der Waals surface area contributed by atoms with Crippen LogP contribution in [-0.4, -0.2) is 86.5 Å². The van der Waals surface area contributed by atoms with E-state index in [9.17, 15) is 9.90 Å². The molecule has 1 aliphatic rings. The third kappa shape index (κ3) is 5.53. The maximum Gasteiger partial charge on any atom is 0.319 e. The second-order valence-corrected chi connectivity index (χ2v) is 9.86. The molecule has 1 fully saturated rings. The summed E-state index contributed by atoms with van der Waals surface area (Å²) >= 11 is 1.59. The molecule has 5 rings (SSSR count). The minimum Gasteiger partial charge on any atom is -0.461 e. The van der Waals surface area contributed by atoms with Crippen LogP contribution in [0.4, 0.5) is 5.82 Å². The number of anilines is 1. The van der Waals surface area contributed by atoms with Gasteiger partial charge < -0.3 is 24.7 Å². The summed E-state index contributed by atoms with van der Waals surface area (Å²) in [4.78, 5) is 36.6. The zero-order valence-electron chi connectivity index (χ0n) is 20.4. The van der Waals surface area contributed by atoms with Crippen LogP contribution in [0.5, 0.6) is 6.01 Å². The van der Waals surface area contributed by atoms with Crippen molar-refractivity contribution >= 4 is 33.3 Å². The molecule has 1 atom stereocenters. The monoisotopic (exact) mass is 520 g/mol. The zero-order chi connectivity index (χ0) is 25.8. The lowest BCUT2D eigenvalue weighted by Crippen LogP contribution is -2.49. The zero-order valence-corrected chi connectivity index (χ0v) is 21.3. The standard InChI is InChI=1S/C26H28N6O4S/c1-2-21-11-22-23(29-26(30-24(22)37-21)36-15-20(34)14-33)31-6-8-32(9-7-31)25(35)18-5-3-4-17(10-18)19-12-27-16-28-13-19/h3-5,10-13,16,20,33-34H,2,6-9,14-15H2,1H3/t20-/m1/s1. The van der Waals surface area contributed by atoms with Crippen LogP contribution in [0, 0.1) is 0 Å². The van der Waals surface area contributed by atoms with Gasteiger partial charge in [-0.3, -0.25) is 4.79 Å². The first-order valence-electron chi connectivity index (χ1n) is 12.2. The number of aromatic nitrogens is 4. The number of ether oxygens (including phenoxy) is 1. The molecule has 1 amide bonds. The van der Waals surface area contributed by atoms with Crippen LogP contribution in [0.3, 0.4) is 0 Å². The van der Waals surface area contributed by atoms with E-state index in [1.807, 2.05) is 29.2 Å². The number of hydrogen-bond acceptors (Lipinski definition) is 10. The first-order chi connectivity index (χ1) is 18.1. The number of fused-ring (bicyclic) bond motifs is 1. The van der Waals surface area contributed by atoms with Crippen molar-refractivity contribution in [2.45, 2.75) is 19.4 Å². The normalized spacial score (nSPS) is 14.7. The lowest BCUT2D eigenvalue weighted by Gasteiger charge is -2.35. The number of carbonyl (C=O) groups excluding carboxylic acids is 1. The predicted molar refractivity (Wildman–Crippen MR) is 141 cm³/mol. The van der Waals surface area contributed by atoms with Gasteiger partial charge in [-0.2, -0.15) is 9.97 Å².